The fourth-order valence-electron chi connectivity index (χ4n) is 3.12. The smallest absolute Gasteiger partial charge is 0.216 e. The van der Waals surface area contributed by atoms with Gasteiger partial charge in [-0.15, -0.1) is 0 Å². The minimum atomic E-state index is -3.25. The van der Waals surface area contributed by atoms with Crippen molar-refractivity contribution >= 4 is 10.0 Å². The van der Waals surface area contributed by atoms with Crippen molar-refractivity contribution in [1.82, 2.24) is 10.0 Å². The van der Waals surface area contributed by atoms with Crippen molar-refractivity contribution < 1.29 is 8.42 Å². The van der Waals surface area contributed by atoms with Crippen LogP contribution in [-0.4, -0.2) is 20.5 Å². The van der Waals surface area contributed by atoms with Crippen LogP contribution in [0.25, 0.3) is 0 Å². The summed E-state index contributed by atoms with van der Waals surface area (Å²) >= 11 is 0. The van der Waals surface area contributed by atoms with E-state index in [-0.39, 0.29) is 11.8 Å². The molecule has 0 heterocycles. The zero-order valence-corrected chi connectivity index (χ0v) is 15.2. The zero-order chi connectivity index (χ0) is 16.7. The number of rotatable bonds is 7. The molecule has 0 radical (unpaired) electrons. The predicted octanol–water partition coefficient (Wildman–Crippen LogP) is 3.33. The van der Waals surface area contributed by atoms with Crippen molar-refractivity contribution in [3.8, 4) is 0 Å². The molecule has 130 valence electrons. The van der Waals surface area contributed by atoms with Crippen LogP contribution >= 0.6 is 0 Å². The van der Waals surface area contributed by atoms with Gasteiger partial charge < -0.3 is 5.32 Å². The molecule has 0 bridgehead atoms. The molecule has 0 aliphatic heterocycles. The first kappa shape index (κ1) is 18.4. The van der Waals surface area contributed by atoms with Crippen LogP contribution in [0.4, 0.5) is 0 Å². The van der Waals surface area contributed by atoms with Gasteiger partial charge in [0.2, 0.25) is 10.0 Å². The number of benzene rings is 1. The standard InChI is InChI=1S/C18H30N2O2S/c1-15(2)20-23(21,22)14-17-11-9-16(10-12-17)13-19-18-7-5-3-4-6-8-18/h9-12,15,18-20H,3-8,13-14H2,1-2H3. The van der Waals surface area contributed by atoms with Gasteiger partial charge >= 0.3 is 0 Å². The highest BCUT2D eigenvalue weighted by atomic mass is 32.2. The summed E-state index contributed by atoms with van der Waals surface area (Å²) in [7, 11) is -3.25. The van der Waals surface area contributed by atoms with E-state index in [1.165, 1.54) is 44.1 Å². The number of sulfonamides is 1. The maximum Gasteiger partial charge on any atom is 0.216 e. The third-order valence-electron chi connectivity index (χ3n) is 4.24. The highest BCUT2D eigenvalue weighted by Gasteiger charge is 2.13. The van der Waals surface area contributed by atoms with E-state index in [9.17, 15) is 8.42 Å². The van der Waals surface area contributed by atoms with Crippen molar-refractivity contribution in [2.24, 2.45) is 0 Å². The Hall–Kier alpha value is -0.910. The number of nitrogens with one attached hydrogen (secondary N) is 2. The quantitative estimate of drug-likeness (QED) is 0.750. The second-order valence-electron chi connectivity index (χ2n) is 6.92. The van der Waals surface area contributed by atoms with Crippen molar-refractivity contribution in [3.05, 3.63) is 35.4 Å². The fourth-order valence-corrected chi connectivity index (χ4v) is 4.55. The molecule has 1 aromatic rings. The van der Waals surface area contributed by atoms with Crippen LogP contribution in [0, 0.1) is 0 Å². The Morgan fingerprint density at radius 2 is 1.57 bits per heavy atom. The van der Waals surface area contributed by atoms with Gasteiger partial charge in [-0.2, -0.15) is 0 Å². The number of hydrogen-bond acceptors (Lipinski definition) is 3. The van der Waals surface area contributed by atoms with Crippen molar-refractivity contribution in [1.29, 1.82) is 0 Å². The molecule has 0 saturated heterocycles. The predicted molar refractivity (Wildman–Crippen MR) is 95.7 cm³/mol. The summed E-state index contributed by atoms with van der Waals surface area (Å²) in [6.45, 7) is 4.53. The molecule has 1 aromatic carbocycles. The molecule has 0 atom stereocenters. The molecule has 1 fully saturated rings. The van der Waals surface area contributed by atoms with E-state index in [0.29, 0.717) is 6.04 Å². The summed E-state index contributed by atoms with van der Waals surface area (Å²) in [4.78, 5) is 0. The summed E-state index contributed by atoms with van der Waals surface area (Å²) in [6.07, 6.45) is 7.94. The molecule has 0 amide bonds. The topological polar surface area (TPSA) is 58.2 Å². The molecular formula is C18H30N2O2S. The van der Waals surface area contributed by atoms with E-state index >= 15 is 0 Å². The highest BCUT2D eigenvalue weighted by molar-refractivity contribution is 7.88. The van der Waals surface area contributed by atoms with Gasteiger partial charge in [0.25, 0.3) is 0 Å². The average Bonchev–Trinajstić information content (AvgIpc) is 2.73. The van der Waals surface area contributed by atoms with Crippen molar-refractivity contribution in [2.45, 2.75) is 76.8 Å². The van der Waals surface area contributed by atoms with Gasteiger partial charge in [0.1, 0.15) is 0 Å². The second-order valence-corrected chi connectivity index (χ2v) is 8.67. The maximum absolute atomic E-state index is 11.9. The van der Waals surface area contributed by atoms with Crippen LogP contribution in [0.2, 0.25) is 0 Å². The van der Waals surface area contributed by atoms with Gasteiger partial charge in [-0.05, 0) is 37.8 Å². The molecule has 1 aliphatic rings. The summed E-state index contributed by atoms with van der Waals surface area (Å²) < 4.78 is 26.5. The lowest BCUT2D eigenvalue weighted by Gasteiger charge is -2.16. The Kier molecular flexibility index (Phi) is 7.06. The summed E-state index contributed by atoms with van der Waals surface area (Å²) in [5.41, 5.74) is 2.04. The minimum Gasteiger partial charge on any atom is -0.310 e. The molecule has 2 N–H and O–H groups in total. The molecule has 0 aromatic heterocycles. The monoisotopic (exact) mass is 338 g/mol. The normalized spacial score (nSPS) is 17.3. The Morgan fingerprint density at radius 3 is 2.13 bits per heavy atom. The maximum atomic E-state index is 11.9. The highest BCUT2D eigenvalue weighted by Crippen LogP contribution is 2.17. The lowest BCUT2D eigenvalue weighted by atomic mass is 10.1. The summed E-state index contributed by atoms with van der Waals surface area (Å²) in [5.74, 6) is 0.0432. The van der Waals surface area contributed by atoms with Gasteiger partial charge in [-0.1, -0.05) is 49.9 Å². The molecule has 4 nitrogen and oxygen atoms in total. The third kappa shape index (κ3) is 7.02. The Balaban J connectivity index is 1.84. The van der Waals surface area contributed by atoms with Gasteiger partial charge in [-0.25, -0.2) is 13.1 Å². The van der Waals surface area contributed by atoms with Crippen LogP contribution in [0.3, 0.4) is 0 Å². The number of hydrogen-bond donors (Lipinski definition) is 2. The van der Waals surface area contributed by atoms with Gasteiger partial charge in [0.15, 0.2) is 0 Å². The van der Waals surface area contributed by atoms with Gasteiger partial charge in [0.05, 0.1) is 5.75 Å². The van der Waals surface area contributed by atoms with Crippen molar-refractivity contribution in [2.75, 3.05) is 0 Å². The van der Waals surface area contributed by atoms with E-state index in [1.807, 2.05) is 38.1 Å². The van der Waals surface area contributed by atoms with Crippen LogP contribution in [0.15, 0.2) is 24.3 Å². The lowest BCUT2D eigenvalue weighted by Crippen LogP contribution is -2.31. The molecule has 1 aliphatic carbocycles. The molecule has 0 spiro atoms. The van der Waals surface area contributed by atoms with E-state index in [0.717, 1.165) is 12.1 Å². The average molecular weight is 339 g/mol. The van der Waals surface area contributed by atoms with Crippen LogP contribution in [0.1, 0.15) is 63.5 Å². The van der Waals surface area contributed by atoms with E-state index in [1.54, 1.807) is 0 Å². The zero-order valence-electron chi connectivity index (χ0n) is 14.3. The van der Waals surface area contributed by atoms with Crippen LogP contribution < -0.4 is 10.0 Å². The van der Waals surface area contributed by atoms with E-state index in [4.69, 9.17) is 0 Å². The summed E-state index contributed by atoms with van der Waals surface area (Å²) in [5, 5.41) is 3.64. The van der Waals surface area contributed by atoms with Crippen LogP contribution in [0.5, 0.6) is 0 Å². The van der Waals surface area contributed by atoms with E-state index < -0.39 is 10.0 Å². The Labute approximate surface area is 141 Å². The second kappa shape index (κ2) is 8.81. The van der Waals surface area contributed by atoms with E-state index in [2.05, 4.69) is 10.0 Å². The Bertz CT molecular complexity index is 559. The Morgan fingerprint density at radius 1 is 1.00 bits per heavy atom. The fraction of sp³-hybridized carbons (Fsp3) is 0.667. The lowest BCUT2D eigenvalue weighted by molar-refractivity contribution is 0.459. The SMILES string of the molecule is CC(C)NS(=O)(=O)Cc1ccc(CNC2CCCCCC2)cc1. The molecule has 2 rings (SSSR count). The molecule has 5 heteroatoms. The van der Waals surface area contributed by atoms with Gasteiger partial charge in [-0.3, -0.25) is 0 Å². The van der Waals surface area contributed by atoms with Gasteiger partial charge in [0, 0.05) is 18.6 Å². The first-order chi connectivity index (χ1) is 10.9. The molecule has 23 heavy (non-hydrogen) atoms. The largest absolute Gasteiger partial charge is 0.310 e. The first-order valence-electron chi connectivity index (χ1n) is 8.76. The molecule has 0 unspecified atom stereocenters. The first-order valence-corrected chi connectivity index (χ1v) is 10.4. The van der Waals surface area contributed by atoms with Crippen molar-refractivity contribution in [3.63, 3.8) is 0 Å². The third-order valence-corrected chi connectivity index (χ3v) is 5.79. The molecule has 1 saturated carbocycles. The molecular weight excluding hydrogens is 308 g/mol. The minimum absolute atomic E-state index is 0.0432. The summed E-state index contributed by atoms with van der Waals surface area (Å²) in [6, 6.07) is 8.47. The van der Waals surface area contributed by atoms with Crippen LogP contribution in [-0.2, 0) is 22.3 Å².